The Labute approximate surface area is 181 Å². The van der Waals surface area contributed by atoms with Crippen LogP contribution < -0.4 is 4.74 Å². The lowest BCUT2D eigenvalue weighted by Gasteiger charge is -2.33. The molecule has 2 aromatic carbocycles. The maximum Gasteiger partial charge on any atom is 0.414 e. The summed E-state index contributed by atoms with van der Waals surface area (Å²) >= 11 is 0. The minimum Gasteiger partial charge on any atom is -0.492 e. The molecule has 0 spiro atoms. The van der Waals surface area contributed by atoms with Crippen molar-refractivity contribution in [1.82, 2.24) is 9.80 Å². The van der Waals surface area contributed by atoms with Gasteiger partial charge in [0.05, 0.1) is 0 Å². The summed E-state index contributed by atoms with van der Waals surface area (Å²) in [6.07, 6.45) is 0. The van der Waals surface area contributed by atoms with E-state index in [1.54, 1.807) is 0 Å². The van der Waals surface area contributed by atoms with Gasteiger partial charge in [0.1, 0.15) is 12.4 Å². The maximum atomic E-state index is 12.4. The Kier molecular flexibility index (Phi) is 9.67. The van der Waals surface area contributed by atoms with Crippen LogP contribution in [0.5, 0.6) is 5.75 Å². The van der Waals surface area contributed by atoms with E-state index in [4.69, 9.17) is 24.5 Å². The third-order valence-corrected chi connectivity index (χ3v) is 4.92. The lowest BCUT2D eigenvalue weighted by atomic mass is 10.0. The van der Waals surface area contributed by atoms with E-state index in [1.165, 1.54) is 0 Å². The molecule has 1 heterocycles. The van der Waals surface area contributed by atoms with Crippen molar-refractivity contribution in [2.24, 2.45) is 0 Å². The van der Waals surface area contributed by atoms with Crippen molar-refractivity contribution in [3.63, 3.8) is 0 Å². The average molecular weight is 428 g/mol. The highest BCUT2D eigenvalue weighted by molar-refractivity contribution is 6.27. The predicted molar refractivity (Wildman–Crippen MR) is 116 cm³/mol. The van der Waals surface area contributed by atoms with E-state index in [0.717, 1.165) is 45.0 Å². The quantitative estimate of drug-likeness (QED) is 0.510. The molecule has 2 N–H and O–H groups in total. The molecule has 0 saturated carbocycles. The molecule has 166 valence electrons. The molecule has 2 aromatic rings. The number of rotatable bonds is 7. The standard InChI is InChI=1S/C21H26N2O2.C2H2O4/c1-2-22-12-14-23(15-13-22)16-17-25-20-10-8-19(9-11-20)21(24)18-6-4-3-5-7-18;3-1(4)2(5)6/h3-11H,2,12-17H2,1H3;(H,3,4)(H,5,6). The van der Waals surface area contributed by atoms with Gasteiger partial charge in [0.25, 0.3) is 0 Å². The Balaban J connectivity index is 0.000000501. The van der Waals surface area contributed by atoms with E-state index in [2.05, 4.69) is 16.7 Å². The molecule has 0 radical (unpaired) electrons. The van der Waals surface area contributed by atoms with Gasteiger partial charge >= 0.3 is 11.9 Å². The van der Waals surface area contributed by atoms with Crippen molar-refractivity contribution in [3.8, 4) is 5.75 Å². The molecule has 8 heteroatoms. The SMILES string of the molecule is CCN1CCN(CCOc2ccc(C(=O)c3ccccc3)cc2)CC1.O=C(O)C(=O)O. The minimum absolute atomic E-state index is 0.0425. The number of carboxylic acid groups (broad SMARTS) is 2. The highest BCUT2D eigenvalue weighted by atomic mass is 16.5. The molecular weight excluding hydrogens is 400 g/mol. The van der Waals surface area contributed by atoms with Gasteiger partial charge in [0, 0.05) is 43.9 Å². The number of ketones is 1. The summed E-state index contributed by atoms with van der Waals surface area (Å²) in [5.74, 6) is -2.79. The molecule has 31 heavy (non-hydrogen) atoms. The number of piperazine rings is 1. The smallest absolute Gasteiger partial charge is 0.414 e. The summed E-state index contributed by atoms with van der Waals surface area (Å²) in [6, 6.07) is 16.8. The lowest BCUT2D eigenvalue weighted by Crippen LogP contribution is -2.47. The zero-order valence-electron chi connectivity index (χ0n) is 17.6. The number of hydrogen-bond donors (Lipinski definition) is 2. The maximum absolute atomic E-state index is 12.4. The molecule has 1 saturated heterocycles. The van der Waals surface area contributed by atoms with Gasteiger partial charge in [-0.2, -0.15) is 0 Å². The van der Waals surface area contributed by atoms with Crippen molar-refractivity contribution in [1.29, 1.82) is 0 Å². The van der Waals surface area contributed by atoms with Crippen molar-refractivity contribution in [2.45, 2.75) is 6.92 Å². The summed E-state index contributed by atoms with van der Waals surface area (Å²) < 4.78 is 5.84. The largest absolute Gasteiger partial charge is 0.492 e. The van der Waals surface area contributed by atoms with Crippen LogP contribution in [0.3, 0.4) is 0 Å². The molecule has 0 aromatic heterocycles. The van der Waals surface area contributed by atoms with Gasteiger partial charge in [-0.3, -0.25) is 9.69 Å². The first kappa shape index (κ1) is 24.0. The van der Waals surface area contributed by atoms with Gasteiger partial charge in [-0.25, -0.2) is 9.59 Å². The number of carbonyl (C=O) groups is 3. The first-order valence-corrected chi connectivity index (χ1v) is 10.1. The fourth-order valence-electron chi connectivity index (χ4n) is 3.08. The molecule has 3 rings (SSSR count). The summed E-state index contributed by atoms with van der Waals surface area (Å²) in [5.41, 5.74) is 1.40. The van der Waals surface area contributed by atoms with Gasteiger partial charge in [0.15, 0.2) is 5.78 Å². The van der Waals surface area contributed by atoms with Gasteiger partial charge in [-0.1, -0.05) is 37.3 Å². The zero-order valence-corrected chi connectivity index (χ0v) is 17.6. The number of benzene rings is 2. The Morgan fingerprint density at radius 1 is 0.806 bits per heavy atom. The van der Waals surface area contributed by atoms with E-state index in [-0.39, 0.29) is 5.78 Å². The highest BCUT2D eigenvalue weighted by Gasteiger charge is 2.15. The molecule has 8 nitrogen and oxygen atoms in total. The fraction of sp³-hybridized carbons (Fsp3) is 0.348. The molecular formula is C23H28N2O6. The lowest BCUT2D eigenvalue weighted by molar-refractivity contribution is -0.159. The number of carboxylic acids is 2. The summed E-state index contributed by atoms with van der Waals surface area (Å²) in [4.78, 5) is 35.5. The van der Waals surface area contributed by atoms with Crippen molar-refractivity contribution >= 4 is 17.7 Å². The first-order chi connectivity index (χ1) is 14.9. The summed E-state index contributed by atoms with van der Waals surface area (Å²) in [6.45, 7) is 9.49. The number of likely N-dealkylation sites (N-methyl/N-ethyl adjacent to an activating group) is 1. The van der Waals surface area contributed by atoms with Crippen LogP contribution >= 0.6 is 0 Å². The van der Waals surface area contributed by atoms with Gasteiger partial charge < -0.3 is 19.8 Å². The average Bonchev–Trinajstić information content (AvgIpc) is 2.80. The van der Waals surface area contributed by atoms with E-state index in [1.807, 2.05) is 54.6 Å². The van der Waals surface area contributed by atoms with Crippen LogP contribution in [0.2, 0.25) is 0 Å². The fourth-order valence-corrected chi connectivity index (χ4v) is 3.08. The molecule has 0 unspecified atom stereocenters. The van der Waals surface area contributed by atoms with Crippen LogP contribution in [0, 0.1) is 0 Å². The number of nitrogens with zero attached hydrogens (tertiary/aromatic N) is 2. The Bertz CT molecular complexity index is 834. The van der Waals surface area contributed by atoms with Crippen LogP contribution in [0.15, 0.2) is 54.6 Å². The van der Waals surface area contributed by atoms with Crippen LogP contribution in [-0.2, 0) is 9.59 Å². The summed E-state index contributed by atoms with van der Waals surface area (Å²) in [7, 11) is 0. The number of carbonyl (C=O) groups excluding carboxylic acids is 1. The second-order valence-corrected chi connectivity index (χ2v) is 6.95. The Hall–Kier alpha value is -3.23. The van der Waals surface area contributed by atoms with Crippen molar-refractivity contribution in [2.75, 3.05) is 45.9 Å². The number of hydrogen-bond acceptors (Lipinski definition) is 6. The second kappa shape index (κ2) is 12.5. The third kappa shape index (κ3) is 8.19. The van der Waals surface area contributed by atoms with Crippen LogP contribution in [0.25, 0.3) is 0 Å². The zero-order chi connectivity index (χ0) is 22.6. The highest BCUT2D eigenvalue weighted by Crippen LogP contribution is 2.15. The van der Waals surface area contributed by atoms with Crippen molar-refractivity contribution < 1.29 is 29.3 Å². The van der Waals surface area contributed by atoms with Crippen LogP contribution in [0.4, 0.5) is 0 Å². The molecule has 0 amide bonds. The van der Waals surface area contributed by atoms with Gasteiger partial charge in [-0.15, -0.1) is 0 Å². The summed E-state index contributed by atoms with van der Waals surface area (Å²) in [5, 5.41) is 14.8. The first-order valence-electron chi connectivity index (χ1n) is 10.1. The Morgan fingerprint density at radius 2 is 1.32 bits per heavy atom. The second-order valence-electron chi connectivity index (χ2n) is 6.95. The number of aliphatic carboxylic acids is 2. The third-order valence-electron chi connectivity index (χ3n) is 4.92. The normalized spacial score (nSPS) is 14.2. The Morgan fingerprint density at radius 3 is 1.84 bits per heavy atom. The monoisotopic (exact) mass is 428 g/mol. The topological polar surface area (TPSA) is 107 Å². The molecule has 0 bridgehead atoms. The molecule has 1 aliphatic rings. The number of ether oxygens (including phenoxy) is 1. The molecule has 1 aliphatic heterocycles. The minimum atomic E-state index is -1.82. The van der Waals surface area contributed by atoms with E-state index in [0.29, 0.717) is 17.7 Å². The van der Waals surface area contributed by atoms with E-state index < -0.39 is 11.9 Å². The molecule has 1 fully saturated rings. The van der Waals surface area contributed by atoms with Gasteiger partial charge in [0.2, 0.25) is 0 Å². The van der Waals surface area contributed by atoms with Crippen molar-refractivity contribution in [3.05, 3.63) is 65.7 Å². The van der Waals surface area contributed by atoms with E-state index >= 15 is 0 Å². The van der Waals surface area contributed by atoms with Crippen LogP contribution in [-0.4, -0.2) is 83.6 Å². The van der Waals surface area contributed by atoms with Crippen LogP contribution in [0.1, 0.15) is 22.8 Å². The van der Waals surface area contributed by atoms with E-state index in [9.17, 15) is 4.79 Å². The molecule has 0 aliphatic carbocycles. The molecule has 0 atom stereocenters. The van der Waals surface area contributed by atoms with Gasteiger partial charge in [-0.05, 0) is 30.8 Å². The predicted octanol–water partition coefficient (Wildman–Crippen LogP) is 2.09.